The van der Waals surface area contributed by atoms with Crippen LogP contribution in [0.15, 0.2) is 12.1 Å². The molecule has 5 nitrogen and oxygen atoms in total. The first-order valence-electron chi connectivity index (χ1n) is 3.98. The topological polar surface area (TPSA) is 89.4 Å². The number of benzene rings is 1. The Morgan fingerprint density at radius 2 is 2.00 bits per heavy atom. The van der Waals surface area contributed by atoms with Gasteiger partial charge in [0.1, 0.15) is 0 Å². The highest BCUT2D eigenvalue weighted by Gasteiger charge is 2.22. The standard InChI is InChI=1S/C8H8F2N2O3/c9-5-1-4(8(13)3-11)7(12(14)15)2-6(5)10/h1-2,8,13H,3,11H2/t8-/m1/s1. The number of halogens is 2. The Morgan fingerprint density at radius 3 is 2.47 bits per heavy atom. The minimum absolute atomic E-state index is 0.314. The number of nitro benzene ring substituents is 1. The predicted octanol–water partition coefficient (Wildman–Crippen LogP) is 0.865. The van der Waals surface area contributed by atoms with E-state index in [0.29, 0.717) is 12.1 Å². The molecule has 0 aliphatic heterocycles. The van der Waals surface area contributed by atoms with E-state index in [1.165, 1.54) is 0 Å². The molecule has 0 saturated heterocycles. The van der Waals surface area contributed by atoms with Crippen LogP contribution in [-0.2, 0) is 0 Å². The number of nitrogens with two attached hydrogens (primary N) is 1. The van der Waals surface area contributed by atoms with Crippen molar-refractivity contribution in [2.24, 2.45) is 5.73 Å². The fourth-order valence-electron chi connectivity index (χ4n) is 1.10. The van der Waals surface area contributed by atoms with Crippen LogP contribution >= 0.6 is 0 Å². The van der Waals surface area contributed by atoms with Crippen LogP contribution in [-0.4, -0.2) is 16.6 Å². The lowest BCUT2D eigenvalue weighted by atomic mass is 10.1. The highest BCUT2D eigenvalue weighted by Crippen LogP contribution is 2.27. The third-order valence-corrected chi connectivity index (χ3v) is 1.85. The molecule has 1 aromatic carbocycles. The van der Waals surface area contributed by atoms with Gasteiger partial charge in [0.2, 0.25) is 0 Å². The van der Waals surface area contributed by atoms with Gasteiger partial charge in [-0.1, -0.05) is 0 Å². The summed E-state index contributed by atoms with van der Waals surface area (Å²) < 4.78 is 25.5. The Morgan fingerprint density at radius 1 is 1.47 bits per heavy atom. The Balaban J connectivity index is 3.34. The molecule has 15 heavy (non-hydrogen) atoms. The summed E-state index contributed by atoms with van der Waals surface area (Å²) in [6.07, 6.45) is -1.39. The van der Waals surface area contributed by atoms with E-state index >= 15 is 0 Å². The van der Waals surface area contributed by atoms with Crippen LogP contribution in [0.3, 0.4) is 0 Å². The third kappa shape index (κ3) is 2.25. The molecule has 0 spiro atoms. The second kappa shape index (κ2) is 4.28. The molecule has 0 heterocycles. The van der Waals surface area contributed by atoms with E-state index in [0.717, 1.165) is 0 Å². The molecule has 0 fully saturated rings. The van der Waals surface area contributed by atoms with Gasteiger partial charge < -0.3 is 10.8 Å². The van der Waals surface area contributed by atoms with Crippen molar-refractivity contribution >= 4 is 5.69 Å². The molecule has 0 unspecified atom stereocenters. The summed E-state index contributed by atoms with van der Waals surface area (Å²) in [5.41, 5.74) is 4.05. The zero-order valence-electron chi connectivity index (χ0n) is 7.48. The van der Waals surface area contributed by atoms with Gasteiger partial charge in [0.15, 0.2) is 11.6 Å². The number of rotatable bonds is 3. The molecule has 1 rings (SSSR count). The minimum Gasteiger partial charge on any atom is -0.387 e. The molecule has 3 N–H and O–H groups in total. The SMILES string of the molecule is NC[C@@H](O)c1cc(F)c(F)cc1[N+](=O)[O-]. The van der Waals surface area contributed by atoms with Gasteiger partial charge in [0.25, 0.3) is 5.69 Å². The molecule has 0 bridgehead atoms. The van der Waals surface area contributed by atoms with Crippen LogP contribution in [0, 0.1) is 21.7 Å². The summed E-state index contributed by atoms with van der Waals surface area (Å²) in [5, 5.41) is 19.7. The molecule has 0 radical (unpaired) electrons. The first-order chi connectivity index (χ1) is 6.97. The molecule has 0 aliphatic rings. The normalized spacial score (nSPS) is 12.5. The largest absolute Gasteiger partial charge is 0.387 e. The summed E-state index contributed by atoms with van der Waals surface area (Å²) in [6, 6.07) is 0.995. The van der Waals surface area contributed by atoms with Crippen molar-refractivity contribution in [3.8, 4) is 0 Å². The maximum atomic E-state index is 12.8. The van der Waals surface area contributed by atoms with Crippen LogP contribution in [0.2, 0.25) is 0 Å². The molecule has 0 aliphatic carbocycles. The van der Waals surface area contributed by atoms with Crippen molar-refractivity contribution in [1.82, 2.24) is 0 Å². The fraction of sp³-hybridized carbons (Fsp3) is 0.250. The zero-order valence-corrected chi connectivity index (χ0v) is 7.48. The lowest BCUT2D eigenvalue weighted by Gasteiger charge is -2.08. The minimum atomic E-state index is -1.39. The number of hydrogen-bond donors (Lipinski definition) is 2. The maximum absolute atomic E-state index is 12.8. The summed E-state index contributed by atoms with van der Waals surface area (Å²) in [4.78, 5) is 9.56. The van der Waals surface area contributed by atoms with E-state index in [2.05, 4.69) is 0 Å². The molecule has 7 heteroatoms. The highest BCUT2D eigenvalue weighted by atomic mass is 19.2. The lowest BCUT2D eigenvalue weighted by Crippen LogP contribution is -2.14. The van der Waals surface area contributed by atoms with Crippen LogP contribution in [0.5, 0.6) is 0 Å². The van der Waals surface area contributed by atoms with Crippen LogP contribution in [0.4, 0.5) is 14.5 Å². The second-order valence-electron chi connectivity index (χ2n) is 2.83. The van der Waals surface area contributed by atoms with E-state index in [-0.39, 0.29) is 12.1 Å². The summed E-state index contributed by atoms with van der Waals surface area (Å²) in [7, 11) is 0. The third-order valence-electron chi connectivity index (χ3n) is 1.85. The first kappa shape index (κ1) is 11.5. The highest BCUT2D eigenvalue weighted by molar-refractivity contribution is 5.42. The molecule has 0 amide bonds. The maximum Gasteiger partial charge on any atom is 0.278 e. The van der Waals surface area contributed by atoms with Gasteiger partial charge in [-0.15, -0.1) is 0 Å². The van der Waals surface area contributed by atoms with E-state index in [9.17, 15) is 24.0 Å². The summed E-state index contributed by atoms with van der Waals surface area (Å²) in [6.45, 7) is -0.314. The van der Waals surface area contributed by atoms with Gasteiger partial charge >= 0.3 is 0 Å². The van der Waals surface area contributed by atoms with Crippen LogP contribution in [0.25, 0.3) is 0 Å². The molecule has 0 aromatic heterocycles. The van der Waals surface area contributed by atoms with Gasteiger partial charge in [0.05, 0.1) is 22.7 Å². The van der Waals surface area contributed by atoms with Crippen molar-refractivity contribution in [2.75, 3.05) is 6.54 Å². The van der Waals surface area contributed by atoms with Gasteiger partial charge in [-0.05, 0) is 6.07 Å². The Labute approximate surface area is 83.3 Å². The number of aliphatic hydroxyl groups excluding tert-OH is 1. The molecular formula is C8H8F2N2O3. The van der Waals surface area contributed by atoms with Crippen molar-refractivity contribution < 1.29 is 18.8 Å². The van der Waals surface area contributed by atoms with E-state index in [1.54, 1.807) is 0 Å². The first-order valence-corrected chi connectivity index (χ1v) is 3.98. The van der Waals surface area contributed by atoms with Crippen molar-refractivity contribution in [3.05, 3.63) is 39.4 Å². The average molecular weight is 218 g/mol. The molecule has 82 valence electrons. The lowest BCUT2D eigenvalue weighted by molar-refractivity contribution is -0.386. The zero-order chi connectivity index (χ0) is 11.6. The number of aliphatic hydroxyl groups is 1. The van der Waals surface area contributed by atoms with E-state index in [1.807, 2.05) is 0 Å². The quantitative estimate of drug-likeness (QED) is 0.581. The predicted molar refractivity (Wildman–Crippen MR) is 47.0 cm³/mol. The summed E-state index contributed by atoms with van der Waals surface area (Å²) >= 11 is 0. The van der Waals surface area contributed by atoms with Gasteiger partial charge in [-0.2, -0.15) is 0 Å². The number of hydrogen-bond acceptors (Lipinski definition) is 4. The Hall–Kier alpha value is -1.60. The molecule has 1 atom stereocenters. The van der Waals surface area contributed by atoms with Crippen molar-refractivity contribution in [2.45, 2.75) is 6.10 Å². The number of nitro groups is 1. The average Bonchev–Trinajstić information content (AvgIpc) is 2.20. The monoisotopic (exact) mass is 218 g/mol. The fourth-order valence-corrected chi connectivity index (χ4v) is 1.10. The van der Waals surface area contributed by atoms with Crippen LogP contribution in [0.1, 0.15) is 11.7 Å². The smallest absolute Gasteiger partial charge is 0.278 e. The Kier molecular flexibility index (Phi) is 3.28. The number of nitrogens with zero attached hydrogens (tertiary/aromatic N) is 1. The van der Waals surface area contributed by atoms with Crippen LogP contribution < -0.4 is 5.73 Å². The van der Waals surface area contributed by atoms with E-state index in [4.69, 9.17) is 5.73 Å². The summed E-state index contributed by atoms with van der Waals surface area (Å²) in [5.74, 6) is -2.60. The van der Waals surface area contributed by atoms with Crippen molar-refractivity contribution in [1.29, 1.82) is 0 Å². The molecule has 0 saturated carbocycles. The molecule has 1 aromatic rings. The van der Waals surface area contributed by atoms with Gasteiger partial charge in [-0.25, -0.2) is 8.78 Å². The molecular weight excluding hydrogens is 210 g/mol. The van der Waals surface area contributed by atoms with Gasteiger partial charge in [0, 0.05) is 6.54 Å². The second-order valence-corrected chi connectivity index (χ2v) is 2.83. The van der Waals surface area contributed by atoms with E-state index < -0.39 is 28.3 Å². The Bertz CT molecular complexity index is 398. The van der Waals surface area contributed by atoms with Crippen molar-refractivity contribution in [3.63, 3.8) is 0 Å². The van der Waals surface area contributed by atoms with Gasteiger partial charge in [-0.3, -0.25) is 10.1 Å².